The summed E-state index contributed by atoms with van der Waals surface area (Å²) in [6.45, 7) is 22.0. The van der Waals surface area contributed by atoms with Crippen LogP contribution in [0.25, 0.3) is 44.4 Å². The molecule has 5 aromatic rings. The number of aromatic nitrogens is 4. The van der Waals surface area contributed by atoms with Crippen LogP contribution in [0.5, 0.6) is 0 Å². The highest BCUT2D eigenvalue weighted by Gasteiger charge is 2.40. The second kappa shape index (κ2) is 27.1. The van der Waals surface area contributed by atoms with Crippen LogP contribution >= 0.6 is 12.6 Å². The first-order valence-electron chi connectivity index (χ1n) is 21.4. The number of amides is 3. The smallest absolute Gasteiger partial charge is 0.405 e. The van der Waals surface area contributed by atoms with Gasteiger partial charge in [0, 0.05) is 30.1 Å². The summed E-state index contributed by atoms with van der Waals surface area (Å²) in [6, 6.07) is 20.9. The molecule has 0 aliphatic heterocycles. The highest BCUT2D eigenvalue weighted by Crippen LogP contribution is 2.45. The minimum absolute atomic E-state index is 0.0346. The molecule has 12 nitrogen and oxygen atoms in total. The summed E-state index contributed by atoms with van der Waals surface area (Å²) in [5, 5.41) is 16.2. The number of benzene rings is 3. The van der Waals surface area contributed by atoms with Crippen LogP contribution in [0.15, 0.2) is 85.3 Å². The minimum atomic E-state index is -1.25. The first kappa shape index (κ1) is 52.1. The summed E-state index contributed by atoms with van der Waals surface area (Å²) >= 11 is 4.23. The van der Waals surface area contributed by atoms with E-state index in [1.165, 1.54) is 17.7 Å². The number of aromatic amines is 2. The number of H-pyrrole nitrogens is 2. The molecular formula is C49H68N8O4S. The van der Waals surface area contributed by atoms with Gasteiger partial charge in [-0.05, 0) is 64.8 Å². The predicted molar refractivity (Wildman–Crippen MR) is 259 cm³/mol. The van der Waals surface area contributed by atoms with Gasteiger partial charge >= 0.3 is 6.09 Å². The van der Waals surface area contributed by atoms with Crippen molar-refractivity contribution in [2.24, 2.45) is 5.41 Å². The van der Waals surface area contributed by atoms with Gasteiger partial charge in [-0.1, -0.05) is 116 Å². The second-order valence-electron chi connectivity index (χ2n) is 15.1. The van der Waals surface area contributed by atoms with E-state index in [2.05, 4.69) is 146 Å². The number of imidazole rings is 2. The largest absolute Gasteiger partial charge is 0.465 e. The van der Waals surface area contributed by atoms with E-state index >= 15 is 0 Å². The molecule has 0 bridgehead atoms. The second-order valence-corrected chi connectivity index (χ2v) is 15.6. The molecule has 1 aliphatic rings. The lowest BCUT2D eigenvalue weighted by Gasteiger charge is -2.25. The lowest BCUT2D eigenvalue weighted by molar-refractivity contribution is -0.132. The van der Waals surface area contributed by atoms with Crippen molar-refractivity contribution in [2.75, 3.05) is 31.9 Å². The lowest BCUT2D eigenvalue weighted by atomic mass is 9.98. The summed E-state index contributed by atoms with van der Waals surface area (Å²) < 4.78 is 0. The first-order valence-corrected chi connectivity index (χ1v) is 22.0. The average molecular weight is 865 g/mol. The Hall–Kier alpha value is -6.00. The molecule has 3 aromatic carbocycles. The van der Waals surface area contributed by atoms with Gasteiger partial charge in [0.1, 0.15) is 18.2 Å². The maximum Gasteiger partial charge on any atom is 0.405 e. The molecule has 1 aliphatic carbocycles. The Labute approximate surface area is 374 Å². The van der Waals surface area contributed by atoms with E-state index in [9.17, 15) is 14.4 Å². The Kier molecular flexibility index (Phi) is 22.7. The Morgan fingerprint density at radius 2 is 1.19 bits per heavy atom. The lowest BCUT2D eigenvalue weighted by Crippen LogP contribution is -2.40. The topological polar surface area (TPSA) is 159 Å². The molecule has 0 unspecified atom stereocenters. The van der Waals surface area contributed by atoms with E-state index in [1.54, 1.807) is 6.20 Å². The number of hydrogen-bond donors (Lipinski definition) is 6. The molecule has 0 saturated heterocycles. The fraction of sp³-hybridized carbons (Fsp3) is 0.408. The van der Waals surface area contributed by atoms with Crippen molar-refractivity contribution in [3.05, 3.63) is 97.0 Å². The van der Waals surface area contributed by atoms with Crippen LogP contribution in [0.3, 0.4) is 0 Å². The van der Waals surface area contributed by atoms with Crippen LogP contribution in [0, 0.1) is 18.3 Å². The number of fused-ring (bicyclic) bond motifs is 1. The normalized spacial score (nSPS) is 11.7. The quantitative estimate of drug-likeness (QED) is 0.0425. The van der Waals surface area contributed by atoms with E-state index in [1.807, 2.05) is 44.0 Å². The fourth-order valence-electron chi connectivity index (χ4n) is 6.05. The fourth-order valence-corrected chi connectivity index (χ4v) is 6.30. The number of hydrogen-bond acceptors (Lipinski definition) is 7. The summed E-state index contributed by atoms with van der Waals surface area (Å²) in [5.41, 5.74) is 6.80. The van der Waals surface area contributed by atoms with E-state index in [-0.39, 0.29) is 36.9 Å². The van der Waals surface area contributed by atoms with Crippen LogP contribution in [-0.4, -0.2) is 84.7 Å². The molecule has 0 spiro atoms. The van der Waals surface area contributed by atoms with E-state index in [4.69, 9.17) is 5.11 Å². The number of nitrogens with zero attached hydrogens (tertiary/aromatic N) is 4. The van der Waals surface area contributed by atoms with E-state index in [0.29, 0.717) is 31.2 Å². The number of allylic oxidation sites excluding steroid dienone is 1. The summed E-state index contributed by atoms with van der Waals surface area (Å²) in [5.74, 6) is 1.47. The molecule has 334 valence electrons. The van der Waals surface area contributed by atoms with Gasteiger partial charge in [0.05, 0.1) is 43.4 Å². The molecule has 1 fully saturated rings. The number of carboxylic acid groups (broad SMARTS) is 1. The molecular weight excluding hydrogens is 797 g/mol. The molecule has 0 radical (unpaired) electrons. The Morgan fingerprint density at radius 3 is 1.69 bits per heavy atom. The minimum Gasteiger partial charge on any atom is -0.465 e. The molecule has 6 rings (SSSR count). The maximum absolute atomic E-state index is 13.0. The molecule has 2 heterocycles. The van der Waals surface area contributed by atoms with Gasteiger partial charge < -0.3 is 35.5 Å². The Morgan fingerprint density at radius 1 is 0.758 bits per heavy atom. The molecule has 5 N–H and O–H groups in total. The molecule has 62 heavy (non-hydrogen) atoms. The standard InChI is InChI=1S/C39H44N8O4S.2C3H8.C2H6.C2H2/c1-25(2)40-20-37(49)47(24-39(3)12-13-39)23-35-42-19-33(45-35)31-11-10-29-16-28(8-9-30(29)17-31)26-4-6-27(7-5-26)32-18-41-34(44-32)22-46(14-15-52)36(48)21-43-38(50)51;2*1-3-2;2*1-2/h4-11,16-19,40,43,52H,1,12-15,20-24H2,2-3H3,(H,41,44)(H,42,45)(H,50,51);2*3H2,1-2H3;1-2H3;1-2H. The number of rotatable bonds is 16. The van der Waals surface area contributed by atoms with Crippen LogP contribution in [0.1, 0.15) is 92.7 Å². The van der Waals surface area contributed by atoms with Crippen molar-refractivity contribution in [1.29, 1.82) is 0 Å². The molecule has 0 atom stereocenters. The third kappa shape index (κ3) is 16.8. The monoisotopic (exact) mass is 865 g/mol. The van der Waals surface area contributed by atoms with Gasteiger partial charge in [-0.25, -0.2) is 14.8 Å². The van der Waals surface area contributed by atoms with Gasteiger partial charge in [0.15, 0.2) is 0 Å². The summed E-state index contributed by atoms with van der Waals surface area (Å²) in [4.78, 5) is 55.5. The number of thiol groups is 1. The predicted octanol–water partition coefficient (Wildman–Crippen LogP) is 10.2. The summed E-state index contributed by atoms with van der Waals surface area (Å²) in [7, 11) is 0. The highest BCUT2D eigenvalue weighted by molar-refractivity contribution is 7.80. The first-order chi connectivity index (χ1) is 29.8. The average Bonchev–Trinajstić information content (AvgIpc) is 3.58. The van der Waals surface area contributed by atoms with Gasteiger partial charge in [0.25, 0.3) is 0 Å². The number of carbonyl (C=O) groups excluding carboxylic acids is 2. The third-order valence-corrected chi connectivity index (χ3v) is 9.50. The number of nitrogens with one attached hydrogen (secondary N) is 4. The van der Waals surface area contributed by atoms with Crippen molar-refractivity contribution >= 4 is 41.3 Å². The third-order valence-electron chi connectivity index (χ3n) is 9.30. The zero-order valence-electron chi connectivity index (χ0n) is 38.0. The number of terminal acetylenes is 1. The van der Waals surface area contributed by atoms with Crippen molar-refractivity contribution in [3.63, 3.8) is 0 Å². The molecule has 1 saturated carbocycles. The zero-order valence-corrected chi connectivity index (χ0v) is 38.9. The van der Waals surface area contributed by atoms with Crippen LogP contribution in [0.2, 0.25) is 0 Å². The van der Waals surface area contributed by atoms with Gasteiger partial charge in [-0.3, -0.25) is 9.59 Å². The van der Waals surface area contributed by atoms with Crippen molar-refractivity contribution < 1.29 is 19.5 Å². The Bertz CT molecular complexity index is 2170. The van der Waals surface area contributed by atoms with Gasteiger partial charge in [0.2, 0.25) is 11.8 Å². The van der Waals surface area contributed by atoms with Crippen molar-refractivity contribution in [2.45, 2.75) is 94.2 Å². The molecule has 13 heteroatoms. The molecule has 2 aromatic heterocycles. The number of carbonyl (C=O) groups is 3. The SMILES string of the molecule is C#C.C=C(C)NCC(=O)N(Cc1ncc(-c2ccc3cc(-c4ccc(-c5cnc(CN(CCS)C(=O)CNC(=O)O)[nH]5)cc4)ccc3c2)[nH]1)CC1(C)CC1.CC.CCC.CCC. The van der Waals surface area contributed by atoms with Crippen LogP contribution < -0.4 is 10.6 Å². The van der Waals surface area contributed by atoms with E-state index in [0.717, 1.165) is 68.8 Å². The zero-order chi connectivity index (χ0) is 46.2. The molecule has 3 amide bonds. The summed E-state index contributed by atoms with van der Waals surface area (Å²) in [6.07, 6.45) is 15.1. The highest BCUT2D eigenvalue weighted by atomic mass is 32.1. The van der Waals surface area contributed by atoms with Gasteiger partial charge in [-0.2, -0.15) is 12.6 Å². The van der Waals surface area contributed by atoms with Crippen molar-refractivity contribution in [1.82, 2.24) is 40.4 Å². The van der Waals surface area contributed by atoms with Crippen LogP contribution in [0.4, 0.5) is 4.79 Å². The Balaban J connectivity index is 0.00000122. The van der Waals surface area contributed by atoms with Gasteiger partial charge in [-0.15, -0.1) is 12.8 Å². The van der Waals surface area contributed by atoms with Crippen molar-refractivity contribution in [3.8, 4) is 46.5 Å². The maximum atomic E-state index is 13.0. The van der Waals surface area contributed by atoms with Crippen LogP contribution in [-0.2, 0) is 22.7 Å². The van der Waals surface area contributed by atoms with E-state index < -0.39 is 6.09 Å².